The molecule has 1 heterocycles. The van der Waals surface area contributed by atoms with Gasteiger partial charge in [-0.25, -0.2) is 5.48 Å². The molecule has 202 valence electrons. The maximum absolute atomic E-state index is 13.0. The predicted molar refractivity (Wildman–Crippen MR) is 139 cm³/mol. The molecular formula is C27H33N5O6. The average molecular weight is 524 g/mol. The smallest absolute Gasteiger partial charge is 0.274 e. The summed E-state index contributed by atoms with van der Waals surface area (Å²) < 4.78 is 4.91. The molecule has 2 aromatic carbocycles. The van der Waals surface area contributed by atoms with Crippen molar-refractivity contribution in [2.45, 2.75) is 65.3 Å². The van der Waals surface area contributed by atoms with Crippen LogP contribution in [0.1, 0.15) is 55.9 Å². The summed E-state index contributed by atoms with van der Waals surface area (Å²) in [6.07, 6.45) is -0.436. The van der Waals surface area contributed by atoms with Gasteiger partial charge in [0.15, 0.2) is 5.69 Å². The van der Waals surface area contributed by atoms with Crippen LogP contribution in [0.15, 0.2) is 53.1 Å². The highest BCUT2D eigenvalue weighted by Crippen LogP contribution is 2.18. The van der Waals surface area contributed by atoms with E-state index in [0.717, 1.165) is 16.3 Å². The van der Waals surface area contributed by atoms with E-state index in [4.69, 9.17) is 9.36 Å². The Morgan fingerprint density at radius 3 is 2.39 bits per heavy atom. The minimum absolute atomic E-state index is 0.0486. The summed E-state index contributed by atoms with van der Waals surface area (Å²) in [7, 11) is 0. The van der Waals surface area contributed by atoms with Gasteiger partial charge in [0.1, 0.15) is 17.8 Å². The van der Waals surface area contributed by atoms with Crippen molar-refractivity contribution in [3.05, 3.63) is 65.5 Å². The number of amides is 4. The molecule has 0 fully saturated rings. The first kappa shape index (κ1) is 28.3. The number of hydroxylamine groups is 1. The Balaban J connectivity index is 1.64. The molecule has 0 bridgehead atoms. The van der Waals surface area contributed by atoms with Crippen LogP contribution in [-0.2, 0) is 25.8 Å². The van der Waals surface area contributed by atoms with Crippen LogP contribution in [0.4, 0.5) is 0 Å². The third-order valence-electron chi connectivity index (χ3n) is 5.43. The van der Waals surface area contributed by atoms with Crippen LogP contribution in [0.5, 0.6) is 0 Å². The number of rotatable bonds is 10. The first-order valence-corrected chi connectivity index (χ1v) is 12.2. The van der Waals surface area contributed by atoms with Gasteiger partial charge >= 0.3 is 0 Å². The quantitative estimate of drug-likeness (QED) is 0.298. The highest BCUT2D eigenvalue weighted by Gasteiger charge is 2.28. The lowest BCUT2D eigenvalue weighted by Gasteiger charge is -2.22. The predicted octanol–water partition coefficient (Wildman–Crippen LogP) is 2.29. The number of carbonyl (C=O) groups excluding carboxylic acids is 4. The van der Waals surface area contributed by atoms with E-state index in [-0.39, 0.29) is 12.2 Å². The van der Waals surface area contributed by atoms with E-state index < -0.39 is 47.7 Å². The van der Waals surface area contributed by atoms with Crippen molar-refractivity contribution in [1.82, 2.24) is 26.6 Å². The van der Waals surface area contributed by atoms with Crippen molar-refractivity contribution < 1.29 is 28.5 Å². The van der Waals surface area contributed by atoms with Gasteiger partial charge in [0.05, 0.1) is 12.0 Å². The zero-order valence-corrected chi connectivity index (χ0v) is 22.1. The molecule has 11 nitrogen and oxygen atoms in total. The van der Waals surface area contributed by atoms with Crippen molar-refractivity contribution in [1.29, 1.82) is 0 Å². The van der Waals surface area contributed by atoms with Gasteiger partial charge < -0.3 is 20.5 Å². The molecule has 4 N–H and O–H groups in total. The van der Waals surface area contributed by atoms with E-state index in [9.17, 15) is 19.2 Å². The Kier molecular flexibility index (Phi) is 9.19. The maximum atomic E-state index is 13.0. The van der Waals surface area contributed by atoms with Crippen molar-refractivity contribution in [2.75, 3.05) is 0 Å². The molecular weight excluding hydrogens is 490 g/mol. The lowest BCUT2D eigenvalue weighted by molar-refractivity contribution is -0.147. The molecule has 4 amide bonds. The first-order valence-electron chi connectivity index (χ1n) is 12.2. The van der Waals surface area contributed by atoms with Gasteiger partial charge in [0, 0.05) is 12.6 Å². The van der Waals surface area contributed by atoms with E-state index in [1.165, 1.54) is 13.0 Å². The summed E-state index contributed by atoms with van der Waals surface area (Å²) >= 11 is 0. The second kappa shape index (κ2) is 12.3. The molecule has 1 aromatic heterocycles. The third-order valence-corrected chi connectivity index (χ3v) is 5.43. The number of nitrogens with zero attached hydrogens (tertiary/aromatic N) is 1. The third kappa shape index (κ3) is 8.13. The number of hydrogen-bond donors (Lipinski definition) is 4. The van der Waals surface area contributed by atoms with Crippen molar-refractivity contribution in [3.63, 3.8) is 0 Å². The lowest BCUT2D eigenvalue weighted by Crippen LogP contribution is -2.54. The Morgan fingerprint density at radius 1 is 1.00 bits per heavy atom. The topological polar surface area (TPSA) is 152 Å². The summed E-state index contributed by atoms with van der Waals surface area (Å²) in [6, 6.07) is 12.8. The van der Waals surface area contributed by atoms with Gasteiger partial charge in [0.2, 0.25) is 17.7 Å². The number of hydrogen-bond acceptors (Lipinski definition) is 7. The summed E-state index contributed by atoms with van der Waals surface area (Å²) in [5.41, 5.74) is 2.49. The van der Waals surface area contributed by atoms with Gasteiger partial charge in [0.25, 0.3) is 5.91 Å². The largest absolute Gasteiger partial charge is 0.361 e. The Labute approximate surface area is 220 Å². The number of carbonyl (C=O) groups is 4. The molecule has 0 radical (unpaired) electrons. The number of nitrogens with one attached hydrogen (secondary N) is 4. The van der Waals surface area contributed by atoms with E-state index in [1.54, 1.807) is 27.7 Å². The summed E-state index contributed by atoms with van der Waals surface area (Å²) in [5.74, 6) is -2.09. The van der Waals surface area contributed by atoms with Crippen LogP contribution in [0, 0.1) is 6.92 Å². The summed E-state index contributed by atoms with van der Waals surface area (Å²) in [4.78, 5) is 56.1. The Morgan fingerprint density at radius 2 is 1.71 bits per heavy atom. The second-order valence-electron chi connectivity index (χ2n) is 9.88. The molecule has 3 rings (SSSR count). The fourth-order valence-electron chi connectivity index (χ4n) is 3.51. The zero-order chi connectivity index (χ0) is 27.9. The van der Waals surface area contributed by atoms with Crippen LogP contribution in [0.25, 0.3) is 10.8 Å². The van der Waals surface area contributed by atoms with Gasteiger partial charge in [-0.1, -0.05) is 47.6 Å². The highest BCUT2D eigenvalue weighted by atomic mass is 16.7. The minimum atomic E-state index is -1.31. The molecule has 0 aliphatic heterocycles. The van der Waals surface area contributed by atoms with Crippen LogP contribution in [0.2, 0.25) is 0 Å². The summed E-state index contributed by atoms with van der Waals surface area (Å²) in [5, 5.41) is 13.6. The summed E-state index contributed by atoms with van der Waals surface area (Å²) in [6.45, 7) is 8.61. The lowest BCUT2D eigenvalue weighted by atomic mass is 10.0. The molecule has 3 aromatic rings. The maximum Gasteiger partial charge on any atom is 0.274 e. The molecule has 2 atom stereocenters. The van der Waals surface area contributed by atoms with Gasteiger partial charge in [-0.15, -0.1) is 0 Å². The molecule has 0 aliphatic carbocycles. The second-order valence-corrected chi connectivity index (χ2v) is 9.88. The van der Waals surface area contributed by atoms with Gasteiger partial charge in [-0.05, 0) is 51.0 Å². The van der Waals surface area contributed by atoms with E-state index in [2.05, 4.69) is 26.6 Å². The SMILES string of the molecule is Cc1cc(C(=O)NC(CC(=O)NOC(C)(C)C)C(=O)NC(C)C(=O)NCc2cccc3ccccc23)no1. The molecule has 0 spiro atoms. The van der Waals surface area contributed by atoms with E-state index >= 15 is 0 Å². The Bertz CT molecular complexity index is 1310. The van der Waals surface area contributed by atoms with Crippen LogP contribution >= 0.6 is 0 Å². The van der Waals surface area contributed by atoms with Crippen molar-refractivity contribution in [2.24, 2.45) is 0 Å². The normalized spacial score (nSPS) is 12.9. The van der Waals surface area contributed by atoms with Crippen LogP contribution < -0.4 is 21.4 Å². The fourth-order valence-corrected chi connectivity index (χ4v) is 3.51. The Hall–Kier alpha value is -4.25. The van der Waals surface area contributed by atoms with Gasteiger partial charge in [-0.3, -0.25) is 24.0 Å². The van der Waals surface area contributed by atoms with Crippen LogP contribution in [0.3, 0.4) is 0 Å². The van der Waals surface area contributed by atoms with Crippen molar-refractivity contribution >= 4 is 34.4 Å². The number of aromatic nitrogens is 1. The van der Waals surface area contributed by atoms with Crippen molar-refractivity contribution in [3.8, 4) is 0 Å². The molecule has 0 saturated carbocycles. The first-order chi connectivity index (χ1) is 17.9. The number of benzene rings is 2. The number of fused-ring (bicyclic) bond motifs is 1. The van der Waals surface area contributed by atoms with E-state index in [1.807, 2.05) is 42.5 Å². The van der Waals surface area contributed by atoms with Gasteiger partial charge in [-0.2, -0.15) is 0 Å². The van der Waals surface area contributed by atoms with E-state index in [0.29, 0.717) is 5.76 Å². The molecule has 0 aliphatic rings. The highest BCUT2D eigenvalue weighted by molar-refractivity contribution is 5.98. The number of aryl methyl sites for hydroxylation is 1. The molecule has 0 saturated heterocycles. The fraction of sp³-hybridized carbons (Fsp3) is 0.370. The molecule has 11 heteroatoms. The molecule has 2 unspecified atom stereocenters. The standard InChI is InChI=1S/C27H33N5O6/c1-16-13-22(31-37-16)26(36)30-21(14-23(33)32-38-27(3,4)5)25(35)29-17(2)24(34)28-15-19-11-8-10-18-9-6-7-12-20(18)19/h6-13,17,21H,14-15H2,1-5H3,(H,28,34)(H,29,35)(H,30,36)(H,32,33). The molecule has 38 heavy (non-hydrogen) atoms. The minimum Gasteiger partial charge on any atom is -0.361 e. The average Bonchev–Trinajstić information content (AvgIpc) is 3.31. The van der Waals surface area contributed by atoms with Crippen LogP contribution in [-0.4, -0.2) is 46.5 Å². The zero-order valence-electron chi connectivity index (χ0n) is 22.1. The monoisotopic (exact) mass is 523 g/mol.